The maximum Gasteiger partial charge on any atom is 0.322 e. The van der Waals surface area contributed by atoms with E-state index in [0.717, 1.165) is 29.0 Å². The number of imidazole rings is 1. The summed E-state index contributed by atoms with van der Waals surface area (Å²) < 4.78 is 34.3. The van der Waals surface area contributed by atoms with Crippen LogP contribution in [0.15, 0.2) is 79.3 Å². The molecule has 270 valence electrons. The largest absolute Gasteiger partial charge is 0.468 e. The summed E-state index contributed by atoms with van der Waals surface area (Å²) in [5, 5.41) is 11.2. The van der Waals surface area contributed by atoms with Crippen molar-refractivity contribution in [2.45, 2.75) is 58.8 Å². The highest BCUT2D eigenvalue weighted by atomic mass is 32.2. The molecule has 1 aromatic heterocycles. The third-order valence-electron chi connectivity index (χ3n) is 8.90. The maximum absolute atomic E-state index is 13.5. The number of amides is 2. The Balaban J connectivity index is 1.66. The van der Waals surface area contributed by atoms with Crippen molar-refractivity contribution in [3.63, 3.8) is 0 Å². The van der Waals surface area contributed by atoms with E-state index in [-0.39, 0.29) is 37.9 Å². The number of carbonyl (C=O) groups is 3. The number of sulfonamides is 1. The number of nitriles is 1. The lowest BCUT2D eigenvalue weighted by Crippen LogP contribution is -2.52. The molecule has 3 aromatic carbocycles. The number of hydrogen-bond donors (Lipinski definition) is 2. The molecule has 0 aliphatic heterocycles. The van der Waals surface area contributed by atoms with Gasteiger partial charge < -0.3 is 15.0 Å². The Bertz CT molecular complexity index is 1970. The number of anilines is 1. The molecule has 0 fully saturated rings. The Labute approximate surface area is 299 Å². The summed E-state index contributed by atoms with van der Waals surface area (Å²) in [5.41, 5.74) is 8.11. The number of rotatable bonds is 17. The molecule has 0 aliphatic rings. The van der Waals surface area contributed by atoms with Gasteiger partial charge in [0.25, 0.3) is 0 Å². The van der Waals surface area contributed by atoms with E-state index in [1.807, 2.05) is 77.9 Å². The molecule has 3 N–H and O–H groups in total. The number of benzene rings is 3. The number of hydrogen-bond acceptors (Lipinski definition) is 10. The lowest BCUT2D eigenvalue weighted by Gasteiger charge is -2.38. The average molecular weight is 716 g/mol. The normalized spacial score (nSPS) is 13.3. The van der Waals surface area contributed by atoms with Crippen molar-refractivity contribution < 1.29 is 27.5 Å². The van der Waals surface area contributed by atoms with Crippen LogP contribution >= 0.6 is 0 Å². The zero-order valence-electron chi connectivity index (χ0n) is 29.4. The van der Waals surface area contributed by atoms with Crippen LogP contribution in [0.3, 0.4) is 0 Å². The van der Waals surface area contributed by atoms with Gasteiger partial charge >= 0.3 is 5.97 Å². The molecular formula is C37H45N7O6S. The topological polar surface area (TPSA) is 181 Å². The number of nitrogens with zero attached hydrogens (tertiary/aromatic N) is 5. The van der Waals surface area contributed by atoms with E-state index in [1.54, 1.807) is 29.6 Å². The van der Waals surface area contributed by atoms with Crippen LogP contribution in [0.1, 0.15) is 50.3 Å². The van der Waals surface area contributed by atoms with Gasteiger partial charge in [0, 0.05) is 20.0 Å². The molecule has 3 atom stereocenters. The van der Waals surface area contributed by atoms with E-state index >= 15 is 0 Å². The third-order valence-corrected chi connectivity index (χ3v) is 10.2. The molecule has 0 saturated carbocycles. The first-order valence-electron chi connectivity index (χ1n) is 16.7. The summed E-state index contributed by atoms with van der Waals surface area (Å²) in [6.45, 7) is 6.16. The lowest BCUT2D eigenvalue weighted by molar-refractivity contribution is -0.142. The Morgan fingerprint density at radius 1 is 1.08 bits per heavy atom. The maximum atomic E-state index is 13.5. The van der Waals surface area contributed by atoms with Crippen molar-refractivity contribution in [2.24, 2.45) is 11.7 Å². The number of nitrogens with one attached hydrogen (secondary N) is 1. The van der Waals surface area contributed by atoms with Gasteiger partial charge in [0.15, 0.2) is 0 Å². The van der Waals surface area contributed by atoms with Crippen molar-refractivity contribution in [1.29, 1.82) is 5.26 Å². The van der Waals surface area contributed by atoms with E-state index in [9.17, 15) is 28.1 Å². The second-order valence-electron chi connectivity index (χ2n) is 12.6. The van der Waals surface area contributed by atoms with Gasteiger partial charge in [0.2, 0.25) is 21.8 Å². The fourth-order valence-corrected chi connectivity index (χ4v) is 7.08. The summed E-state index contributed by atoms with van der Waals surface area (Å²) in [5.74, 6) is -1.76. The zero-order valence-corrected chi connectivity index (χ0v) is 30.2. The van der Waals surface area contributed by atoms with Gasteiger partial charge in [-0.25, -0.2) is 13.4 Å². The predicted molar refractivity (Wildman–Crippen MR) is 195 cm³/mol. The molecule has 0 bridgehead atoms. The van der Waals surface area contributed by atoms with Crippen molar-refractivity contribution in [3.05, 3.63) is 95.9 Å². The predicted octanol–water partition coefficient (Wildman–Crippen LogP) is 3.56. The van der Waals surface area contributed by atoms with Gasteiger partial charge in [-0.1, -0.05) is 74.9 Å². The SMILES string of the molecule is CC[C@H](C)[C@@H](CN(CC(=O)NS(=O)(=O)CC[C@H](N)C(=O)OC)Cc1cccc2ccccc12)N(C(C)=O)c1cncn1Cc1ccc(C#N)cc1. The molecule has 0 aliphatic carbocycles. The van der Waals surface area contributed by atoms with Gasteiger partial charge in [-0.15, -0.1) is 0 Å². The highest BCUT2D eigenvalue weighted by Gasteiger charge is 2.32. The minimum atomic E-state index is -4.13. The number of esters is 1. The quantitative estimate of drug-likeness (QED) is 0.154. The van der Waals surface area contributed by atoms with Gasteiger partial charge in [-0.3, -0.25) is 28.9 Å². The standard InChI is InChI=1S/C37H45N7O6S/c1-5-26(2)34(44(27(3)45)36-20-40-25-43(36)21-29-15-13-28(19-38)14-16-29)23-42(22-31-11-8-10-30-9-6-7-12-32(30)31)24-35(46)41-51(48,49)18-17-33(39)37(47)50-4/h6-16,20,25-26,33-34H,5,17-18,21-24,39H2,1-4H3,(H,41,46)/t26-,33-,34+/m0/s1. The summed E-state index contributed by atoms with van der Waals surface area (Å²) in [4.78, 5) is 46.6. The second-order valence-corrected chi connectivity index (χ2v) is 14.4. The van der Waals surface area contributed by atoms with E-state index in [4.69, 9.17) is 5.73 Å². The molecule has 0 radical (unpaired) electrons. The Kier molecular flexibility index (Phi) is 13.4. The minimum Gasteiger partial charge on any atom is -0.468 e. The van der Waals surface area contributed by atoms with Crippen LogP contribution in [0.4, 0.5) is 5.82 Å². The molecule has 0 unspecified atom stereocenters. The van der Waals surface area contributed by atoms with Crippen LogP contribution in [-0.4, -0.2) is 78.7 Å². The Morgan fingerprint density at radius 2 is 1.78 bits per heavy atom. The molecule has 2 amide bonds. The minimum absolute atomic E-state index is 0.0474. The average Bonchev–Trinajstić information content (AvgIpc) is 3.56. The summed E-state index contributed by atoms with van der Waals surface area (Å²) in [6.07, 6.45) is 3.76. The fraction of sp³-hybridized carbons (Fsp3) is 0.378. The highest BCUT2D eigenvalue weighted by Crippen LogP contribution is 2.27. The number of carbonyl (C=O) groups excluding carboxylic acids is 3. The first-order valence-corrected chi connectivity index (χ1v) is 18.4. The van der Waals surface area contributed by atoms with E-state index in [1.165, 1.54) is 6.92 Å². The van der Waals surface area contributed by atoms with E-state index in [0.29, 0.717) is 24.3 Å². The molecule has 13 nitrogen and oxygen atoms in total. The van der Waals surface area contributed by atoms with Gasteiger partial charge in [0.1, 0.15) is 11.9 Å². The van der Waals surface area contributed by atoms with Crippen LogP contribution in [0, 0.1) is 17.2 Å². The van der Waals surface area contributed by atoms with Crippen molar-refractivity contribution in [1.82, 2.24) is 19.2 Å². The molecule has 4 rings (SSSR count). The van der Waals surface area contributed by atoms with Crippen LogP contribution < -0.4 is 15.4 Å². The Hall–Kier alpha value is -5.10. The number of ether oxygens (including phenoxy) is 1. The third kappa shape index (κ3) is 10.5. The van der Waals surface area contributed by atoms with Crippen LogP contribution in [-0.2, 0) is 42.2 Å². The molecule has 0 spiro atoms. The Morgan fingerprint density at radius 3 is 2.45 bits per heavy atom. The van der Waals surface area contributed by atoms with Crippen molar-refractivity contribution >= 4 is 44.4 Å². The molecule has 51 heavy (non-hydrogen) atoms. The first-order chi connectivity index (χ1) is 24.3. The molecular weight excluding hydrogens is 671 g/mol. The summed E-state index contributed by atoms with van der Waals surface area (Å²) >= 11 is 0. The number of fused-ring (bicyclic) bond motifs is 1. The second kappa shape index (κ2) is 17.7. The van der Waals surface area contributed by atoms with Crippen LogP contribution in [0.25, 0.3) is 10.8 Å². The smallest absolute Gasteiger partial charge is 0.322 e. The fourth-order valence-electron chi connectivity index (χ4n) is 6.00. The van der Waals surface area contributed by atoms with E-state index in [2.05, 4.69) is 20.5 Å². The lowest BCUT2D eigenvalue weighted by atomic mass is 9.96. The first kappa shape index (κ1) is 38.7. The van der Waals surface area contributed by atoms with Crippen LogP contribution in [0.5, 0.6) is 0 Å². The van der Waals surface area contributed by atoms with Gasteiger partial charge in [0.05, 0.1) is 56.2 Å². The monoisotopic (exact) mass is 715 g/mol. The zero-order chi connectivity index (χ0) is 37.1. The van der Waals surface area contributed by atoms with Crippen molar-refractivity contribution in [2.75, 3.05) is 30.9 Å². The molecule has 1 heterocycles. The molecule has 4 aromatic rings. The number of methoxy groups -OCH3 is 1. The van der Waals surface area contributed by atoms with Crippen LogP contribution in [0.2, 0.25) is 0 Å². The highest BCUT2D eigenvalue weighted by molar-refractivity contribution is 7.90. The molecule has 0 saturated heterocycles. The number of aromatic nitrogens is 2. The van der Waals surface area contributed by atoms with E-state index < -0.39 is 39.7 Å². The molecule has 14 heteroatoms. The summed E-state index contributed by atoms with van der Waals surface area (Å²) in [6, 6.07) is 21.5. The number of nitrogens with two attached hydrogens (primary N) is 1. The summed E-state index contributed by atoms with van der Waals surface area (Å²) in [7, 11) is -2.97. The van der Waals surface area contributed by atoms with Gasteiger partial charge in [-0.2, -0.15) is 5.26 Å². The van der Waals surface area contributed by atoms with Crippen molar-refractivity contribution in [3.8, 4) is 6.07 Å². The van der Waals surface area contributed by atoms with Gasteiger partial charge in [-0.05, 0) is 46.4 Å².